The molecule has 0 aliphatic heterocycles. The van der Waals surface area contributed by atoms with E-state index >= 15 is 0 Å². The van der Waals surface area contributed by atoms with Crippen molar-refractivity contribution in [2.75, 3.05) is 26.8 Å². The maximum absolute atomic E-state index is 11.5. The van der Waals surface area contributed by atoms with E-state index < -0.39 is 0 Å². The standard InChI is InChI=1S/C13H18BrNO3/c1-15(8-9-16)13(17)3-2-10-18-12-6-4-11(14)5-7-12/h4-7,16H,2-3,8-10H2,1H3. The highest BCUT2D eigenvalue weighted by atomic mass is 79.9. The number of ether oxygens (including phenoxy) is 1. The average molecular weight is 316 g/mol. The van der Waals surface area contributed by atoms with E-state index in [2.05, 4.69) is 15.9 Å². The zero-order valence-electron chi connectivity index (χ0n) is 10.4. The molecule has 1 aromatic carbocycles. The predicted octanol–water partition coefficient (Wildman–Crippen LogP) is 2.06. The quantitative estimate of drug-likeness (QED) is 0.784. The van der Waals surface area contributed by atoms with E-state index in [1.165, 1.54) is 4.90 Å². The Labute approximate surface area is 116 Å². The van der Waals surface area contributed by atoms with E-state index in [4.69, 9.17) is 9.84 Å². The molecule has 0 fully saturated rings. The molecule has 0 heterocycles. The number of likely N-dealkylation sites (N-methyl/N-ethyl adjacent to an activating group) is 1. The van der Waals surface area contributed by atoms with Crippen molar-refractivity contribution in [3.8, 4) is 5.75 Å². The molecule has 1 amide bonds. The molecule has 1 N–H and O–H groups in total. The zero-order valence-corrected chi connectivity index (χ0v) is 12.0. The Morgan fingerprint density at radius 2 is 2.06 bits per heavy atom. The van der Waals surface area contributed by atoms with Crippen LogP contribution in [0.2, 0.25) is 0 Å². The topological polar surface area (TPSA) is 49.8 Å². The van der Waals surface area contributed by atoms with Gasteiger partial charge in [0.1, 0.15) is 5.75 Å². The number of aliphatic hydroxyl groups excluding tert-OH is 1. The van der Waals surface area contributed by atoms with E-state index in [0.717, 1.165) is 10.2 Å². The highest BCUT2D eigenvalue weighted by Gasteiger charge is 2.07. The largest absolute Gasteiger partial charge is 0.494 e. The minimum absolute atomic E-state index is 0.00235. The van der Waals surface area contributed by atoms with Crippen LogP contribution in [0.3, 0.4) is 0 Å². The summed E-state index contributed by atoms with van der Waals surface area (Å²) in [6.45, 7) is 0.893. The lowest BCUT2D eigenvalue weighted by Gasteiger charge is -2.15. The SMILES string of the molecule is CN(CCO)C(=O)CCCOc1ccc(Br)cc1. The van der Waals surface area contributed by atoms with Crippen LogP contribution in [0, 0.1) is 0 Å². The monoisotopic (exact) mass is 315 g/mol. The lowest BCUT2D eigenvalue weighted by Crippen LogP contribution is -2.29. The Bertz CT molecular complexity index is 367. The van der Waals surface area contributed by atoms with Gasteiger partial charge in [0.25, 0.3) is 0 Å². The van der Waals surface area contributed by atoms with Gasteiger partial charge >= 0.3 is 0 Å². The molecule has 0 bridgehead atoms. The molecule has 5 heteroatoms. The van der Waals surface area contributed by atoms with Gasteiger partial charge in [-0.25, -0.2) is 0 Å². The van der Waals surface area contributed by atoms with Crippen LogP contribution in [0.5, 0.6) is 5.75 Å². The number of nitrogens with zero attached hydrogens (tertiary/aromatic N) is 1. The van der Waals surface area contributed by atoms with E-state index in [1.807, 2.05) is 24.3 Å². The number of benzene rings is 1. The second kappa shape index (κ2) is 8.11. The minimum Gasteiger partial charge on any atom is -0.494 e. The smallest absolute Gasteiger partial charge is 0.222 e. The number of carbonyl (C=O) groups excluding carboxylic acids is 1. The lowest BCUT2D eigenvalue weighted by molar-refractivity contribution is -0.130. The van der Waals surface area contributed by atoms with Crippen LogP contribution in [-0.4, -0.2) is 42.7 Å². The summed E-state index contributed by atoms with van der Waals surface area (Å²) in [6.07, 6.45) is 1.11. The van der Waals surface area contributed by atoms with Gasteiger partial charge in [0.2, 0.25) is 5.91 Å². The Morgan fingerprint density at radius 3 is 2.67 bits per heavy atom. The summed E-state index contributed by atoms with van der Waals surface area (Å²) in [5, 5.41) is 8.71. The predicted molar refractivity (Wildman–Crippen MR) is 73.6 cm³/mol. The number of halogens is 1. The third-order valence-corrected chi connectivity index (χ3v) is 3.01. The van der Waals surface area contributed by atoms with Gasteiger partial charge in [0, 0.05) is 24.5 Å². The molecule has 0 spiro atoms. The Balaban J connectivity index is 2.18. The fourth-order valence-electron chi connectivity index (χ4n) is 1.41. The third-order valence-electron chi connectivity index (χ3n) is 2.48. The first-order valence-corrected chi connectivity index (χ1v) is 6.66. The van der Waals surface area contributed by atoms with E-state index in [-0.39, 0.29) is 12.5 Å². The number of amides is 1. The summed E-state index contributed by atoms with van der Waals surface area (Å²) >= 11 is 3.35. The summed E-state index contributed by atoms with van der Waals surface area (Å²) in [7, 11) is 1.69. The molecule has 100 valence electrons. The van der Waals surface area contributed by atoms with Crippen molar-refractivity contribution in [1.82, 2.24) is 4.90 Å². The van der Waals surface area contributed by atoms with Crippen LogP contribution in [0.1, 0.15) is 12.8 Å². The van der Waals surface area contributed by atoms with Gasteiger partial charge in [0.05, 0.1) is 13.2 Å². The van der Waals surface area contributed by atoms with Gasteiger partial charge in [0.15, 0.2) is 0 Å². The molecule has 0 aliphatic rings. The summed E-state index contributed by atoms with van der Waals surface area (Å²) in [5.41, 5.74) is 0. The molecule has 0 aromatic heterocycles. The van der Waals surface area contributed by atoms with Gasteiger partial charge in [-0.15, -0.1) is 0 Å². The number of rotatable bonds is 7. The second-order valence-corrected chi connectivity index (χ2v) is 4.86. The number of carbonyl (C=O) groups is 1. The Kier molecular flexibility index (Phi) is 6.75. The molecular formula is C13H18BrNO3. The number of hydrogen-bond donors (Lipinski definition) is 1. The normalized spacial score (nSPS) is 10.2. The molecule has 1 aromatic rings. The molecule has 18 heavy (non-hydrogen) atoms. The fourth-order valence-corrected chi connectivity index (χ4v) is 1.67. The number of aliphatic hydroxyl groups is 1. The number of hydrogen-bond acceptors (Lipinski definition) is 3. The van der Waals surface area contributed by atoms with Crippen LogP contribution in [0.4, 0.5) is 0 Å². The second-order valence-electron chi connectivity index (χ2n) is 3.94. The van der Waals surface area contributed by atoms with Crippen LogP contribution in [-0.2, 0) is 4.79 Å². The Morgan fingerprint density at radius 1 is 1.39 bits per heavy atom. The van der Waals surface area contributed by atoms with Gasteiger partial charge < -0.3 is 14.7 Å². The summed E-state index contributed by atoms with van der Waals surface area (Å²) < 4.78 is 6.52. The third kappa shape index (κ3) is 5.51. The summed E-state index contributed by atoms with van der Waals surface area (Å²) in [4.78, 5) is 13.1. The average Bonchev–Trinajstić information content (AvgIpc) is 2.36. The van der Waals surface area contributed by atoms with Crippen LogP contribution < -0.4 is 4.74 Å². The molecular weight excluding hydrogens is 298 g/mol. The van der Waals surface area contributed by atoms with Crippen LogP contribution >= 0.6 is 15.9 Å². The van der Waals surface area contributed by atoms with Crippen molar-refractivity contribution in [3.05, 3.63) is 28.7 Å². The van der Waals surface area contributed by atoms with E-state index in [1.54, 1.807) is 7.05 Å². The van der Waals surface area contributed by atoms with Crippen molar-refractivity contribution >= 4 is 21.8 Å². The van der Waals surface area contributed by atoms with E-state index in [0.29, 0.717) is 26.0 Å². The molecule has 4 nitrogen and oxygen atoms in total. The first kappa shape index (κ1) is 15.0. The maximum atomic E-state index is 11.5. The molecule has 0 aliphatic carbocycles. The van der Waals surface area contributed by atoms with Crippen LogP contribution in [0.25, 0.3) is 0 Å². The van der Waals surface area contributed by atoms with Gasteiger partial charge in [-0.05, 0) is 30.7 Å². The van der Waals surface area contributed by atoms with Crippen molar-refractivity contribution in [2.24, 2.45) is 0 Å². The van der Waals surface area contributed by atoms with E-state index in [9.17, 15) is 4.79 Å². The zero-order chi connectivity index (χ0) is 13.4. The molecule has 0 saturated heterocycles. The Hall–Kier alpha value is -1.07. The molecule has 0 saturated carbocycles. The molecule has 0 atom stereocenters. The first-order valence-electron chi connectivity index (χ1n) is 5.86. The van der Waals surface area contributed by atoms with Gasteiger partial charge in [-0.1, -0.05) is 15.9 Å². The summed E-state index contributed by atoms with van der Waals surface area (Å²) in [5.74, 6) is 0.831. The van der Waals surface area contributed by atoms with Crippen molar-refractivity contribution in [1.29, 1.82) is 0 Å². The lowest BCUT2D eigenvalue weighted by atomic mass is 10.3. The molecule has 0 radical (unpaired) electrons. The van der Waals surface area contributed by atoms with Crippen LogP contribution in [0.15, 0.2) is 28.7 Å². The first-order chi connectivity index (χ1) is 8.63. The van der Waals surface area contributed by atoms with Gasteiger partial charge in [-0.3, -0.25) is 4.79 Å². The highest BCUT2D eigenvalue weighted by molar-refractivity contribution is 9.10. The molecule has 0 unspecified atom stereocenters. The minimum atomic E-state index is -0.00235. The fraction of sp³-hybridized carbons (Fsp3) is 0.462. The summed E-state index contributed by atoms with van der Waals surface area (Å²) in [6, 6.07) is 7.58. The van der Waals surface area contributed by atoms with Crippen molar-refractivity contribution in [2.45, 2.75) is 12.8 Å². The van der Waals surface area contributed by atoms with Gasteiger partial charge in [-0.2, -0.15) is 0 Å². The van der Waals surface area contributed by atoms with Crippen molar-refractivity contribution < 1.29 is 14.6 Å². The molecule has 1 rings (SSSR count). The van der Waals surface area contributed by atoms with Crippen molar-refractivity contribution in [3.63, 3.8) is 0 Å². The highest BCUT2D eigenvalue weighted by Crippen LogP contribution is 2.16. The maximum Gasteiger partial charge on any atom is 0.222 e.